The van der Waals surface area contributed by atoms with Gasteiger partial charge in [-0.25, -0.2) is 0 Å². The molecule has 0 radical (unpaired) electrons. The molecule has 0 amide bonds. The van der Waals surface area contributed by atoms with Crippen molar-refractivity contribution in [2.24, 2.45) is 5.41 Å². The first-order valence-electron chi connectivity index (χ1n) is 10.9. The Hall–Kier alpha value is -0.727. The molecular weight excluding hydrogens is 526 g/mol. The summed E-state index contributed by atoms with van der Waals surface area (Å²) in [5.74, 6) is 0.950. The maximum atomic E-state index is 5.59. The average molecular weight is 566 g/mol. The van der Waals surface area contributed by atoms with E-state index in [0.717, 1.165) is 11.3 Å². The third-order valence-electron chi connectivity index (χ3n) is 5.63. The molecule has 0 saturated carbocycles. The fourth-order valence-corrected chi connectivity index (χ4v) is 5.33. The van der Waals surface area contributed by atoms with Crippen molar-refractivity contribution in [2.75, 3.05) is 0 Å². The molecule has 32 heavy (non-hydrogen) atoms. The van der Waals surface area contributed by atoms with E-state index < -0.39 is 0 Å². The van der Waals surface area contributed by atoms with Gasteiger partial charge >= 0.3 is 82.7 Å². The van der Waals surface area contributed by atoms with Crippen LogP contribution in [0.3, 0.4) is 0 Å². The molecule has 2 aromatic rings. The summed E-state index contributed by atoms with van der Waals surface area (Å²) in [6.07, 6.45) is 1.45. The van der Waals surface area contributed by atoms with Gasteiger partial charge < -0.3 is 30.1 Å². The number of para-hydroxylation sites is 1. The van der Waals surface area contributed by atoms with Crippen LogP contribution in [0.1, 0.15) is 81.8 Å². The Morgan fingerprint density at radius 3 is 1.97 bits per heavy atom. The first-order valence-corrected chi connectivity index (χ1v) is 11.9. The predicted molar refractivity (Wildman–Crippen MR) is 126 cm³/mol. The van der Waals surface area contributed by atoms with Gasteiger partial charge in [-0.05, 0) is 63.1 Å². The Kier molecular flexibility index (Phi) is 12.4. The molecule has 1 saturated heterocycles. The van der Waals surface area contributed by atoms with Crippen molar-refractivity contribution < 1.29 is 47.4 Å². The molecule has 5 heteroatoms. The summed E-state index contributed by atoms with van der Waals surface area (Å²) < 4.78 is 7.58. The van der Waals surface area contributed by atoms with Gasteiger partial charge in [-0.3, -0.25) is 0 Å². The van der Waals surface area contributed by atoms with Crippen LogP contribution in [-0.4, -0.2) is 16.3 Å². The number of benzene rings is 2. The van der Waals surface area contributed by atoms with Crippen LogP contribution in [0.25, 0.3) is 0 Å². The van der Waals surface area contributed by atoms with Crippen LogP contribution in [0.4, 0.5) is 0 Å². The SMILES string of the molecule is CC(C)Oc1ccccc1[CH]=[Ru+2].Cc1cc(C)c(C2NC(C)(C)CC2(C)C)c(C)c1.[Cl-].[Cl-]. The molecule has 1 aliphatic rings. The van der Waals surface area contributed by atoms with E-state index in [1.54, 1.807) is 0 Å². The molecular formula is C27H39Cl2NORu. The summed E-state index contributed by atoms with van der Waals surface area (Å²) in [5, 5.41) is 3.84. The molecule has 1 atom stereocenters. The Morgan fingerprint density at radius 1 is 1.00 bits per heavy atom. The first kappa shape index (κ1) is 31.3. The summed E-state index contributed by atoms with van der Waals surface area (Å²) in [4.78, 5) is 0. The summed E-state index contributed by atoms with van der Waals surface area (Å²) >= 11 is 2.49. The second kappa shape index (κ2) is 12.7. The van der Waals surface area contributed by atoms with Crippen LogP contribution in [0, 0.1) is 26.2 Å². The van der Waals surface area contributed by atoms with Gasteiger partial charge in [0.25, 0.3) is 0 Å². The minimum absolute atomic E-state index is 0. The number of ether oxygens (including phenoxy) is 1. The molecule has 1 unspecified atom stereocenters. The van der Waals surface area contributed by atoms with Gasteiger partial charge in [0, 0.05) is 11.6 Å². The van der Waals surface area contributed by atoms with Gasteiger partial charge in [0.05, 0.1) is 0 Å². The van der Waals surface area contributed by atoms with Crippen LogP contribution in [0.5, 0.6) is 5.75 Å². The summed E-state index contributed by atoms with van der Waals surface area (Å²) in [6, 6.07) is 13.1. The molecule has 0 spiro atoms. The van der Waals surface area contributed by atoms with Gasteiger partial charge in [0.15, 0.2) is 0 Å². The van der Waals surface area contributed by atoms with Gasteiger partial charge in [-0.2, -0.15) is 0 Å². The number of hydrogen-bond donors (Lipinski definition) is 1. The maximum Gasteiger partial charge on any atom is 0.0382 e. The van der Waals surface area contributed by atoms with Crippen molar-refractivity contribution in [3.8, 4) is 5.75 Å². The van der Waals surface area contributed by atoms with E-state index in [9.17, 15) is 0 Å². The molecule has 0 aromatic heterocycles. The van der Waals surface area contributed by atoms with Crippen LogP contribution in [-0.2, 0) is 17.9 Å². The molecule has 3 rings (SSSR count). The molecule has 180 valence electrons. The third kappa shape index (κ3) is 8.25. The topological polar surface area (TPSA) is 21.3 Å². The Bertz CT molecular complexity index is 870. The quantitative estimate of drug-likeness (QED) is 0.550. The van der Waals surface area contributed by atoms with E-state index in [1.165, 1.54) is 28.7 Å². The molecule has 2 nitrogen and oxygen atoms in total. The summed E-state index contributed by atoms with van der Waals surface area (Å²) in [6.45, 7) is 20.1. The minimum atomic E-state index is 0. The normalized spacial score (nSPS) is 18.0. The average Bonchev–Trinajstić information content (AvgIpc) is 2.81. The first-order chi connectivity index (χ1) is 13.9. The van der Waals surface area contributed by atoms with Gasteiger partial charge in [0.2, 0.25) is 0 Å². The van der Waals surface area contributed by atoms with Crippen molar-refractivity contribution in [1.82, 2.24) is 5.32 Å². The van der Waals surface area contributed by atoms with Crippen molar-refractivity contribution >= 4 is 4.61 Å². The van der Waals surface area contributed by atoms with E-state index >= 15 is 0 Å². The number of aryl methyl sites for hydroxylation is 3. The van der Waals surface area contributed by atoms with Crippen LogP contribution < -0.4 is 34.9 Å². The molecule has 2 aromatic carbocycles. The number of hydrogen-bond acceptors (Lipinski definition) is 2. The number of rotatable bonds is 4. The molecule has 0 aliphatic carbocycles. The molecule has 1 N–H and O–H groups in total. The van der Waals surface area contributed by atoms with Gasteiger partial charge in [-0.15, -0.1) is 0 Å². The zero-order valence-electron chi connectivity index (χ0n) is 20.9. The Labute approximate surface area is 218 Å². The second-order valence-electron chi connectivity index (χ2n) is 10.2. The zero-order chi connectivity index (χ0) is 22.7. The van der Waals surface area contributed by atoms with Crippen LogP contribution in [0.2, 0.25) is 0 Å². The van der Waals surface area contributed by atoms with Gasteiger partial charge in [0.1, 0.15) is 0 Å². The van der Waals surface area contributed by atoms with Gasteiger partial charge in [-0.1, -0.05) is 31.5 Å². The fourth-order valence-electron chi connectivity index (χ4n) is 4.91. The zero-order valence-corrected chi connectivity index (χ0v) is 24.2. The van der Waals surface area contributed by atoms with E-state index in [4.69, 9.17) is 4.74 Å². The van der Waals surface area contributed by atoms with E-state index in [0.29, 0.717) is 11.5 Å². The van der Waals surface area contributed by atoms with E-state index in [2.05, 4.69) is 83.8 Å². The number of nitrogens with one attached hydrogen (secondary N) is 1. The molecule has 0 bridgehead atoms. The molecule has 1 aliphatic heterocycles. The van der Waals surface area contributed by atoms with Crippen molar-refractivity contribution in [1.29, 1.82) is 0 Å². The van der Waals surface area contributed by atoms with E-state index in [-0.39, 0.29) is 36.5 Å². The smallest absolute Gasteiger partial charge is 0.0382 e. The van der Waals surface area contributed by atoms with Crippen molar-refractivity contribution in [2.45, 2.75) is 86.4 Å². The summed E-state index contributed by atoms with van der Waals surface area (Å²) in [7, 11) is 0. The second-order valence-corrected chi connectivity index (χ2v) is 10.7. The minimum Gasteiger partial charge on any atom is -1.00 e. The fraction of sp³-hybridized carbons (Fsp3) is 0.519. The van der Waals surface area contributed by atoms with Crippen molar-refractivity contribution in [3.63, 3.8) is 0 Å². The standard InChI is InChI=1S/C17H27N.C10H12O.2ClH.Ru/c1-11-8-12(2)14(13(3)9-11)15-16(4,5)10-17(6,7)18-15;1-8(2)11-10-7-5-4-6-9(10)3;;;/h8-9,15,18H,10H2,1-7H3;3-8H,1-2H3;2*1H;/q;;;;+2/p-2. The molecule has 1 heterocycles. The predicted octanol–water partition coefficient (Wildman–Crippen LogP) is 0.630. The number of halogens is 2. The molecule has 1 fully saturated rings. The maximum absolute atomic E-state index is 5.59. The van der Waals surface area contributed by atoms with Crippen LogP contribution >= 0.6 is 0 Å². The monoisotopic (exact) mass is 565 g/mol. The Balaban J connectivity index is 0.000000607. The van der Waals surface area contributed by atoms with Crippen molar-refractivity contribution in [3.05, 3.63) is 64.2 Å². The summed E-state index contributed by atoms with van der Waals surface area (Å²) in [5.41, 5.74) is 7.40. The largest absolute Gasteiger partial charge is 1.00 e. The van der Waals surface area contributed by atoms with E-state index in [1.807, 2.05) is 42.7 Å². The third-order valence-corrected chi connectivity index (χ3v) is 6.17. The Morgan fingerprint density at radius 2 is 1.53 bits per heavy atom. The van der Waals surface area contributed by atoms with Crippen LogP contribution in [0.15, 0.2) is 36.4 Å².